The van der Waals surface area contributed by atoms with Gasteiger partial charge in [0.15, 0.2) is 16.6 Å². The van der Waals surface area contributed by atoms with E-state index in [1.54, 1.807) is 32.4 Å². The lowest BCUT2D eigenvalue weighted by atomic mass is 9.98. The number of nitrogens with zero attached hydrogens (tertiary/aromatic N) is 2. The molecule has 0 saturated carbocycles. The number of thiazole rings is 1. The lowest BCUT2D eigenvalue weighted by molar-refractivity contribution is 0.102. The Morgan fingerprint density at radius 2 is 1.81 bits per heavy atom. The second-order valence-electron chi connectivity index (χ2n) is 7.38. The normalized spacial score (nSPS) is 13.4. The number of aromatic nitrogens is 1. The molecule has 9 heteroatoms. The number of halogens is 1. The Morgan fingerprint density at radius 1 is 1.09 bits per heavy atom. The van der Waals surface area contributed by atoms with Gasteiger partial charge in [0.25, 0.3) is 5.91 Å². The van der Waals surface area contributed by atoms with Crippen LogP contribution in [-0.2, 0) is 19.5 Å². The molecule has 7 nitrogen and oxygen atoms in total. The first-order chi connectivity index (χ1) is 15.5. The third-order valence-corrected chi connectivity index (χ3v) is 6.40. The predicted octanol–water partition coefficient (Wildman–Crippen LogP) is 4.63. The molecule has 32 heavy (non-hydrogen) atoms. The van der Waals surface area contributed by atoms with Crippen molar-refractivity contribution >= 4 is 34.0 Å². The SMILES string of the molecule is COc1cc2c(cc1OC)CN(Cc1csc(NC(=O)c3cc(Cl)ccc3OC)n1)CC2. The van der Waals surface area contributed by atoms with Crippen molar-refractivity contribution in [1.82, 2.24) is 9.88 Å². The number of amides is 1. The number of nitrogens with one attached hydrogen (secondary N) is 1. The Hall–Kier alpha value is -2.81. The number of rotatable bonds is 7. The van der Waals surface area contributed by atoms with Crippen molar-refractivity contribution in [2.45, 2.75) is 19.5 Å². The van der Waals surface area contributed by atoms with Gasteiger partial charge < -0.3 is 14.2 Å². The van der Waals surface area contributed by atoms with Crippen molar-refractivity contribution in [3.63, 3.8) is 0 Å². The molecule has 1 aliphatic heterocycles. The molecule has 2 aromatic carbocycles. The quantitative estimate of drug-likeness (QED) is 0.539. The second kappa shape index (κ2) is 9.77. The molecule has 0 saturated heterocycles. The monoisotopic (exact) mass is 473 g/mol. The summed E-state index contributed by atoms with van der Waals surface area (Å²) in [6, 6.07) is 9.04. The number of ether oxygens (including phenoxy) is 3. The molecule has 0 unspecified atom stereocenters. The van der Waals surface area contributed by atoms with Crippen molar-refractivity contribution in [3.05, 3.63) is 63.1 Å². The van der Waals surface area contributed by atoms with E-state index < -0.39 is 0 Å². The van der Waals surface area contributed by atoms with Crippen molar-refractivity contribution < 1.29 is 19.0 Å². The molecule has 0 aliphatic carbocycles. The van der Waals surface area contributed by atoms with Crippen LogP contribution >= 0.6 is 22.9 Å². The van der Waals surface area contributed by atoms with E-state index in [9.17, 15) is 4.79 Å². The number of fused-ring (bicyclic) bond motifs is 1. The Balaban J connectivity index is 1.42. The molecule has 3 aromatic rings. The molecular weight excluding hydrogens is 450 g/mol. The summed E-state index contributed by atoms with van der Waals surface area (Å²) in [6.45, 7) is 2.41. The fraction of sp³-hybridized carbons (Fsp3) is 0.304. The van der Waals surface area contributed by atoms with Crippen LogP contribution in [0, 0.1) is 0 Å². The minimum Gasteiger partial charge on any atom is -0.496 e. The fourth-order valence-corrected chi connectivity index (χ4v) is 4.63. The summed E-state index contributed by atoms with van der Waals surface area (Å²) in [5.41, 5.74) is 3.78. The summed E-state index contributed by atoms with van der Waals surface area (Å²) < 4.78 is 16.1. The van der Waals surface area contributed by atoms with Crippen LogP contribution in [-0.4, -0.2) is 43.7 Å². The summed E-state index contributed by atoms with van der Waals surface area (Å²) in [7, 11) is 4.82. The molecule has 0 spiro atoms. The van der Waals surface area contributed by atoms with E-state index in [-0.39, 0.29) is 5.91 Å². The van der Waals surface area contributed by atoms with E-state index >= 15 is 0 Å². The van der Waals surface area contributed by atoms with Gasteiger partial charge >= 0.3 is 0 Å². The zero-order chi connectivity index (χ0) is 22.7. The Labute approximate surface area is 195 Å². The molecule has 1 amide bonds. The Kier molecular flexibility index (Phi) is 6.83. The first kappa shape index (κ1) is 22.4. The van der Waals surface area contributed by atoms with Crippen molar-refractivity contribution in [2.75, 3.05) is 33.2 Å². The molecule has 1 aliphatic rings. The first-order valence-corrected chi connectivity index (χ1v) is 11.3. The smallest absolute Gasteiger partial charge is 0.261 e. The summed E-state index contributed by atoms with van der Waals surface area (Å²) in [5.74, 6) is 1.65. The molecular formula is C23H24ClN3O4S. The molecule has 0 atom stereocenters. The maximum absolute atomic E-state index is 12.7. The van der Waals surface area contributed by atoms with E-state index in [0.29, 0.717) is 28.0 Å². The van der Waals surface area contributed by atoms with Gasteiger partial charge in [0.1, 0.15) is 5.75 Å². The lowest BCUT2D eigenvalue weighted by Crippen LogP contribution is -2.30. The standard InChI is InChI=1S/C23H24ClN3O4S/c1-29-19-5-4-16(24)10-18(19)22(28)26-23-25-17(13-32-23)12-27-7-6-14-8-20(30-2)21(31-3)9-15(14)11-27/h4-5,8-10,13H,6-7,11-12H2,1-3H3,(H,25,26,28). The van der Waals surface area contributed by atoms with Gasteiger partial charge in [-0.15, -0.1) is 11.3 Å². The molecule has 1 N–H and O–H groups in total. The van der Waals surface area contributed by atoms with Crippen LogP contribution in [0.25, 0.3) is 0 Å². The van der Waals surface area contributed by atoms with Gasteiger partial charge in [0, 0.05) is 30.0 Å². The van der Waals surface area contributed by atoms with Gasteiger partial charge in [-0.25, -0.2) is 4.98 Å². The fourth-order valence-electron chi connectivity index (χ4n) is 3.76. The van der Waals surface area contributed by atoms with Crippen LogP contribution < -0.4 is 19.5 Å². The van der Waals surface area contributed by atoms with Crippen molar-refractivity contribution in [2.24, 2.45) is 0 Å². The highest BCUT2D eigenvalue weighted by Gasteiger charge is 2.21. The van der Waals surface area contributed by atoms with Gasteiger partial charge in [-0.05, 0) is 47.9 Å². The lowest BCUT2D eigenvalue weighted by Gasteiger charge is -2.29. The minimum atomic E-state index is -0.307. The second-order valence-corrected chi connectivity index (χ2v) is 8.67. The van der Waals surface area contributed by atoms with Gasteiger partial charge in [-0.2, -0.15) is 0 Å². The number of benzene rings is 2. The van der Waals surface area contributed by atoms with Crippen LogP contribution in [0.15, 0.2) is 35.7 Å². The molecule has 0 radical (unpaired) electrons. The van der Waals surface area contributed by atoms with Crippen molar-refractivity contribution in [3.8, 4) is 17.2 Å². The molecule has 0 fully saturated rings. The number of anilines is 1. The first-order valence-electron chi connectivity index (χ1n) is 10.1. The zero-order valence-corrected chi connectivity index (χ0v) is 19.7. The third kappa shape index (κ3) is 4.82. The van der Waals surface area contributed by atoms with Gasteiger partial charge in [0.05, 0.1) is 32.6 Å². The number of hydrogen-bond acceptors (Lipinski definition) is 7. The molecule has 4 rings (SSSR count). The van der Waals surface area contributed by atoms with Crippen LogP contribution in [0.4, 0.5) is 5.13 Å². The van der Waals surface area contributed by atoms with E-state index in [1.807, 2.05) is 11.4 Å². The third-order valence-electron chi connectivity index (χ3n) is 5.36. The Morgan fingerprint density at radius 3 is 2.53 bits per heavy atom. The average molecular weight is 474 g/mol. The van der Waals surface area contributed by atoms with E-state index in [0.717, 1.165) is 36.7 Å². The Bertz CT molecular complexity index is 1130. The van der Waals surface area contributed by atoms with Crippen LogP contribution in [0.5, 0.6) is 17.2 Å². The van der Waals surface area contributed by atoms with E-state index in [1.165, 1.54) is 29.6 Å². The number of hydrogen-bond donors (Lipinski definition) is 1. The largest absolute Gasteiger partial charge is 0.496 e. The van der Waals surface area contributed by atoms with Crippen molar-refractivity contribution in [1.29, 1.82) is 0 Å². The zero-order valence-electron chi connectivity index (χ0n) is 18.1. The highest BCUT2D eigenvalue weighted by atomic mass is 35.5. The topological polar surface area (TPSA) is 72.9 Å². The van der Waals surface area contributed by atoms with Gasteiger partial charge in [0.2, 0.25) is 0 Å². The summed E-state index contributed by atoms with van der Waals surface area (Å²) in [4.78, 5) is 19.6. The molecule has 2 heterocycles. The maximum Gasteiger partial charge on any atom is 0.261 e. The molecule has 0 bridgehead atoms. The maximum atomic E-state index is 12.7. The van der Waals surface area contributed by atoms with Crippen LogP contribution in [0.1, 0.15) is 27.2 Å². The van der Waals surface area contributed by atoms with E-state index in [4.69, 9.17) is 25.8 Å². The molecule has 1 aromatic heterocycles. The summed E-state index contributed by atoms with van der Waals surface area (Å²) in [5, 5.41) is 5.82. The number of methoxy groups -OCH3 is 3. The van der Waals surface area contributed by atoms with Gasteiger partial charge in [-0.1, -0.05) is 11.6 Å². The van der Waals surface area contributed by atoms with Crippen LogP contribution in [0.2, 0.25) is 5.02 Å². The van der Waals surface area contributed by atoms with Gasteiger partial charge in [-0.3, -0.25) is 15.0 Å². The highest BCUT2D eigenvalue weighted by Crippen LogP contribution is 2.33. The average Bonchev–Trinajstić information content (AvgIpc) is 3.24. The summed E-state index contributed by atoms with van der Waals surface area (Å²) in [6.07, 6.45) is 0.929. The van der Waals surface area contributed by atoms with E-state index in [2.05, 4.69) is 21.3 Å². The highest BCUT2D eigenvalue weighted by molar-refractivity contribution is 7.14. The number of carbonyl (C=O) groups excluding carboxylic acids is 1. The predicted molar refractivity (Wildman–Crippen MR) is 125 cm³/mol. The minimum absolute atomic E-state index is 0.307. The molecule has 168 valence electrons. The summed E-state index contributed by atoms with van der Waals surface area (Å²) >= 11 is 7.43. The number of carbonyl (C=O) groups is 1. The van der Waals surface area contributed by atoms with Crippen LogP contribution in [0.3, 0.4) is 0 Å².